The molecule has 5 aliphatic rings. The summed E-state index contributed by atoms with van der Waals surface area (Å²) in [5.74, 6) is -1.35. The van der Waals surface area contributed by atoms with Gasteiger partial charge in [0.25, 0.3) is 0 Å². The number of ether oxygens (including phenoxy) is 1. The SMILES string of the molecule is C[C@@]12C[C@@H](c3c(cc4c(c3O)C(=O)c3cccc(O)c3C4=O)[C@H]1O)[C@@]1(C=C3CCN=C3N1)O2. The van der Waals surface area contributed by atoms with Crippen molar-refractivity contribution in [2.75, 3.05) is 6.54 Å². The molecule has 1 saturated heterocycles. The molecule has 2 aromatic rings. The molecule has 166 valence electrons. The fourth-order valence-electron chi connectivity index (χ4n) is 6.30. The van der Waals surface area contributed by atoms with Gasteiger partial charge in [-0.2, -0.15) is 0 Å². The molecule has 4 N–H and O–H groups in total. The van der Waals surface area contributed by atoms with E-state index in [0.717, 1.165) is 17.8 Å². The number of aromatic hydroxyl groups is 2. The Bertz CT molecular complexity index is 1410. The first-order valence-corrected chi connectivity index (χ1v) is 11.0. The minimum atomic E-state index is -1.13. The highest BCUT2D eigenvalue weighted by molar-refractivity contribution is 6.30. The van der Waals surface area contributed by atoms with E-state index >= 15 is 0 Å². The van der Waals surface area contributed by atoms with Gasteiger partial charge in [-0.3, -0.25) is 14.6 Å². The van der Waals surface area contributed by atoms with Gasteiger partial charge in [0.15, 0.2) is 17.3 Å². The number of rotatable bonds is 0. The largest absolute Gasteiger partial charge is 0.507 e. The third kappa shape index (κ3) is 2.11. The maximum Gasteiger partial charge on any atom is 0.198 e. The number of aliphatic imine (C=N–C) groups is 1. The number of amidine groups is 1. The van der Waals surface area contributed by atoms with E-state index in [4.69, 9.17) is 4.74 Å². The normalized spacial score (nSPS) is 32.7. The van der Waals surface area contributed by atoms with Gasteiger partial charge in [-0.15, -0.1) is 0 Å². The van der Waals surface area contributed by atoms with Crippen LogP contribution in [-0.4, -0.2) is 50.6 Å². The van der Waals surface area contributed by atoms with Crippen LogP contribution < -0.4 is 5.32 Å². The van der Waals surface area contributed by atoms with Crippen LogP contribution in [0.3, 0.4) is 0 Å². The molecule has 1 fully saturated rings. The number of phenols is 2. The fraction of sp³-hybridized carbons (Fsp3) is 0.320. The molecule has 2 bridgehead atoms. The van der Waals surface area contributed by atoms with E-state index in [1.165, 1.54) is 24.3 Å². The van der Waals surface area contributed by atoms with Crippen molar-refractivity contribution >= 4 is 17.4 Å². The van der Waals surface area contributed by atoms with E-state index in [2.05, 4.69) is 10.3 Å². The first kappa shape index (κ1) is 19.0. The Morgan fingerprint density at radius 3 is 2.73 bits per heavy atom. The summed E-state index contributed by atoms with van der Waals surface area (Å²) in [7, 11) is 0. The van der Waals surface area contributed by atoms with Crippen molar-refractivity contribution in [3.05, 3.63) is 69.3 Å². The topological polar surface area (TPSA) is 128 Å². The molecule has 7 rings (SSSR count). The lowest BCUT2D eigenvalue weighted by molar-refractivity contribution is -0.133. The molecule has 2 aromatic carbocycles. The molecular formula is C25H20N2O6. The van der Waals surface area contributed by atoms with Gasteiger partial charge in [0.2, 0.25) is 0 Å². The van der Waals surface area contributed by atoms with Crippen LogP contribution in [0.25, 0.3) is 0 Å². The monoisotopic (exact) mass is 444 g/mol. The highest BCUT2D eigenvalue weighted by Gasteiger charge is 2.63. The summed E-state index contributed by atoms with van der Waals surface area (Å²) in [6.45, 7) is 2.51. The number of fused-ring (bicyclic) bond motifs is 8. The van der Waals surface area contributed by atoms with Crippen LogP contribution in [0.4, 0.5) is 0 Å². The third-order valence-corrected chi connectivity index (χ3v) is 7.77. The number of nitrogens with zero attached hydrogens (tertiary/aromatic N) is 1. The first-order valence-electron chi connectivity index (χ1n) is 11.0. The lowest BCUT2D eigenvalue weighted by Crippen LogP contribution is -2.46. The van der Waals surface area contributed by atoms with Crippen molar-refractivity contribution in [3.8, 4) is 11.5 Å². The number of benzene rings is 2. The van der Waals surface area contributed by atoms with Gasteiger partial charge in [0.05, 0.1) is 16.7 Å². The Morgan fingerprint density at radius 1 is 1.15 bits per heavy atom. The molecule has 8 nitrogen and oxygen atoms in total. The highest BCUT2D eigenvalue weighted by Crippen LogP contribution is 2.62. The molecule has 0 amide bonds. The predicted molar refractivity (Wildman–Crippen MR) is 116 cm³/mol. The Balaban J connectivity index is 1.48. The zero-order chi connectivity index (χ0) is 22.9. The van der Waals surface area contributed by atoms with Crippen molar-refractivity contribution < 1.29 is 29.6 Å². The lowest BCUT2D eigenvalue weighted by atomic mass is 9.69. The van der Waals surface area contributed by atoms with Crippen LogP contribution >= 0.6 is 0 Å². The Morgan fingerprint density at radius 2 is 1.94 bits per heavy atom. The minimum absolute atomic E-state index is 0.0257. The highest BCUT2D eigenvalue weighted by atomic mass is 16.6. The maximum atomic E-state index is 13.4. The summed E-state index contributed by atoms with van der Waals surface area (Å²) in [5, 5.41) is 36.4. The summed E-state index contributed by atoms with van der Waals surface area (Å²) in [6.07, 6.45) is 2.05. The van der Waals surface area contributed by atoms with E-state index < -0.39 is 34.9 Å². The average Bonchev–Trinajstić information content (AvgIpc) is 3.41. The second-order valence-corrected chi connectivity index (χ2v) is 9.65. The van der Waals surface area contributed by atoms with Gasteiger partial charge in [0.1, 0.15) is 23.4 Å². The predicted octanol–water partition coefficient (Wildman–Crippen LogP) is 2.21. The number of ketones is 2. The number of carbonyl (C=O) groups excluding carboxylic acids is 2. The molecule has 8 heteroatoms. The van der Waals surface area contributed by atoms with Crippen molar-refractivity contribution in [1.82, 2.24) is 5.32 Å². The molecule has 33 heavy (non-hydrogen) atoms. The van der Waals surface area contributed by atoms with Gasteiger partial charge in [0, 0.05) is 29.2 Å². The maximum absolute atomic E-state index is 13.4. The van der Waals surface area contributed by atoms with E-state index in [1.807, 2.05) is 13.0 Å². The molecule has 3 aliphatic heterocycles. The van der Waals surface area contributed by atoms with E-state index in [0.29, 0.717) is 24.1 Å². The van der Waals surface area contributed by atoms with Crippen molar-refractivity contribution in [2.24, 2.45) is 4.99 Å². The molecule has 0 aromatic heterocycles. The summed E-state index contributed by atoms with van der Waals surface area (Å²) in [6, 6.07) is 5.78. The van der Waals surface area contributed by atoms with Gasteiger partial charge in [-0.1, -0.05) is 12.1 Å². The summed E-state index contributed by atoms with van der Waals surface area (Å²) < 4.78 is 6.47. The Labute approximate surface area is 188 Å². The second-order valence-electron chi connectivity index (χ2n) is 9.65. The summed E-state index contributed by atoms with van der Waals surface area (Å²) in [5.41, 5.74) is -0.328. The Kier molecular flexibility index (Phi) is 3.29. The van der Waals surface area contributed by atoms with Gasteiger partial charge in [-0.05, 0) is 49.1 Å². The van der Waals surface area contributed by atoms with Crippen LogP contribution in [-0.2, 0) is 4.74 Å². The van der Waals surface area contributed by atoms with Gasteiger partial charge >= 0.3 is 0 Å². The van der Waals surface area contributed by atoms with Gasteiger partial charge < -0.3 is 25.4 Å². The molecule has 3 heterocycles. The molecule has 0 radical (unpaired) electrons. The standard InChI is InChI=1S/C25H20N2O6/c1-24-9-14(25(33-24)8-10-5-6-26-23(10)27-25)16-13(22(24)32)7-12-18(21(16)31)19(29)11-3-2-4-15(28)17(11)20(12)30/h2-4,7-8,14,22,28,31-32H,5-6,9H2,1H3,(H,26,27)/t14-,22+,24+,25+/m0/s1. The van der Waals surface area contributed by atoms with Crippen LogP contribution in [0.2, 0.25) is 0 Å². The molecular weight excluding hydrogens is 424 g/mol. The fourth-order valence-corrected chi connectivity index (χ4v) is 6.30. The summed E-state index contributed by atoms with van der Waals surface area (Å²) >= 11 is 0. The number of aliphatic hydroxyl groups is 1. The number of hydrogen-bond acceptors (Lipinski definition) is 8. The number of carbonyl (C=O) groups is 2. The number of nitrogens with one attached hydrogen (secondary N) is 1. The molecule has 0 unspecified atom stereocenters. The molecule has 1 spiro atoms. The van der Waals surface area contributed by atoms with Crippen molar-refractivity contribution in [3.63, 3.8) is 0 Å². The zero-order valence-electron chi connectivity index (χ0n) is 17.7. The van der Waals surface area contributed by atoms with E-state index in [9.17, 15) is 24.9 Å². The number of aliphatic hydroxyl groups excluding tert-OH is 1. The molecule has 0 saturated carbocycles. The minimum Gasteiger partial charge on any atom is -0.507 e. The average molecular weight is 444 g/mol. The molecule has 4 atom stereocenters. The van der Waals surface area contributed by atoms with Crippen molar-refractivity contribution in [1.29, 1.82) is 0 Å². The second kappa shape index (κ2) is 5.70. The quantitative estimate of drug-likeness (QED) is 0.418. The Hall–Kier alpha value is -3.49. The zero-order valence-corrected chi connectivity index (χ0v) is 17.7. The number of phenolic OH excluding ortho intramolecular Hbond substituents is 2. The van der Waals surface area contributed by atoms with Crippen LogP contribution in [0, 0.1) is 0 Å². The molecule has 2 aliphatic carbocycles. The van der Waals surface area contributed by atoms with Crippen LogP contribution in [0.1, 0.15) is 74.8 Å². The van der Waals surface area contributed by atoms with Gasteiger partial charge in [-0.25, -0.2) is 0 Å². The first-order chi connectivity index (χ1) is 15.7. The third-order valence-electron chi connectivity index (χ3n) is 7.77. The smallest absolute Gasteiger partial charge is 0.198 e. The number of hydrogen-bond donors (Lipinski definition) is 4. The summed E-state index contributed by atoms with van der Waals surface area (Å²) in [4.78, 5) is 31.1. The van der Waals surface area contributed by atoms with Crippen LogP contribution in [0.5, 0.6) is 11.5 Å². The lowest BCUT2D eigenvalue weighted by Gasteiger charge is -2.35. The van der Waals surface area contributed by atoms with E-state index in [1.54, 1.807) is 0 Å². The van der Waals surface area contributed by atoms with Crippen molar-refractivity contribution in [2.45, 2.75) is 43.1 Å². The van der Waals surface area contributed by atoms with E-state index in [-0.39, 0.29) is 33.8 Å². The van der Waals surface area contributed by atoms with Crippen LogP contribution in [0.15, 0.2) is 40.9 Å².